The first-order chi connectivity index (χ1) is 9.38. The molecule has 2 rings (SSSR count). The molecule has 0 aliphatic heterocycles. The highest BCUT2D eigenvalue weighted by Crippen LogP contribution is 2.36. The smallest absolute Gasteiger partial charge is 0.252 e. The van der Waals surface area contributed by atoms with Crippen LogP contribution in [-0.2, 0) is 0 Å². The van der Waals surface area contributed by atoms with Crippen molar-refractivity contribution in [3.63, 3.8) is 0 Å². The third-order valence-electron chi connectivity index (χ3n) is 2.69. The van der Waals surface area contributed by atoms with Gasteiger partial charge in [0.05, 0.1) is 10.6 Å². The van der Waals surface area contributed by atoms with E-state index in [4.69, 9.17) is 39.4 Å². The summed E-state index contributed by atoms with van der Waals surface area (Å²) < 4.78 is 5.70. The second-order valence-corrected chi connectivity index (χ2v) is 5.10. The van der Waals surface area contributed by atoms with E-state index in [1.807, 2.05) is 6.92 Å². The van der Waals surface area contributed by atoms with Crippen LogP contribution in [0.3, 0.4) is 0 Å². The van der Waals surface area contributed by atoms with Gasteiger partial charge in [-0.25, -0.2) is 0 Å². The number of hydrogen-bond acceptors (Lipinski definition) is 3. The maximum absolute atomic E-state index is 11.5. The van der Waals surface area contributed by atoms with Gasteiger partial charge in [-0.15, -0.1) is 0 Å². The fourth-order valence-corrected chi connectivity index (χ4v) is 2.12. The van der Waals surface area contributed by atoms with Gasteiger partial charge in [0, 0.05) is 10.7 Å². The molecule has 1 amide bonds. The molecule has 0 bridgehead atoms. The van der Waals surface area contributed by atoms with Crippen molar-refractivity contribution in [3.8, 4) is 11.5 Å². The molecule has 4 nitrogen and oxygen atoms in total. The van der Waals surface area contributed by atoms with Gasteiger partial charge in [0.1, 0.15) is 5.75 Å². The van der Waals surface area contributed by atoms with Gasteiger partial charge in [-0.1, -0.05) is 29.3 Å². The maximum Gasteiger partial charge on any atom is 0.252 e. The number of rotatable bonds is 3. The molecule has 0 unspecified atom stereocenters. The average Bonchev–Trinajstić information content (AvgIpc) is 2.36. The van der Waals surface area contributed by atoms with Gasteiger partial charge >= 0.3 is 0 Å². The molecule has 0 aliphatic rings. The number of aryl methyl sites for hydroxylation is 1. The van der Waals surface area contributed by atoms with E-state index in [-0.39, 0.29) is 16.3 Å². The Balaban J connectivity index is 2.53. The normalized spacial score (nSPS) is 10.3. The summed E-state index contributed by atoms with van der Waals surface area (Å²) in [6.07, 6.45) is 0. The Labute approximate surface area is 126 Å². The highest BCUT2D eigenvalue weighted by Gasteiger charge is 2.16. The number of carbonyl (C=O) groups excluding carboxylic acids is 1. The van der Waals surface area contributed by atoms with Crippen molar-refractivity contribution in [2.75, 3.05) is 5.73 Å². The highest BCUT2D eigenvalue weighted by molar-refractivity contribution is 6.33. The van der Waals surface area contributed by atoms with Crippen LogP contribution < -0.4 is 16.2 Å². The summed E-state index contributed by atoms with van der Waals surface area (Å²) in [7, 11) is 0. The van der Waals surface area contributed by atoms with Crippen molar-refractivity contribution in [1.29, 1.82) is 0 Å². The van der Waals surface area contributed by atoms with Gasteiger partial charge in [0.2, 0.25) is 0 Å². The minimum absolute atomic E-state index is 0.120. The van der Waals surface area contributed by atoms with Crippen LogP contribution in [0.1, 0.15) is 15.9 Å². The van der Waals surface area contributed by atoms with Gasteiger partial charge in [-0.2, -0.15) is 0 Å². The van der Waals surface area contributed by atoms with E-state index in [9.17, 15) is 4.79 Å². The Hall–Kier alpha value is -1.91. The largest absolute Gasteiger partial charge is 0.455 e. The third kappa shape index (κ3) is 2.98. The zero-order valence-corrected chi connectivity index (χ0v) is 12.1. The first kappa shape index (κ1) is 14.5. The lowest BCUT2D eigenvalue weighted by Crippen LogP contribution is -2.13. The summed E-state index contributed by atoms with van der Waals surface area (Å²) in [5.41, 5.74) is 12.3. The van der Waals surface area contributed by atoms with Gasteiger partial charge < -0.3 is 16.2 Å². The molecule has 0 saturated heterocycles. The third-order valence-corrected chi connectivity index (χ3v) is 3.21. The zero-order valence-electron chi connectivity index (χ0n) is 10.6. The topological polar surface area (TPSA) is 78.3 Å². The second kappa shape index (κ2) is 5.61. The van der Waals surface area contributed by atoms with Gasteiger partial charge in [-0.05, 0) is 36.8 Å². The van der Waals surface area contributed by atoms with E-state index in [1.165, 1.54) is 12.1 Å². The molecule has 0 aliphatic carbocycles. The summed E-state index contributed by atoms with van der Waals surface area (Å²) in [5.74, 6) is -0.0146. The van der Waals surface area contributed by atoms with Crippen molar-refractivity contribution < 1.29 is 9.53 Å². The minimum atomic E-state index is -0.672. The summed E-state index contributed by atoms with van der Waals surface area (Å²) >= 11 is 12.0. The standard InChI is InChI=1S/C14H12Cl2N2O2/c1-7-2-3-8(15)4-12(7)20-13-10(14(18)19)5-9(17)6-11(13)16/h2-6H,17H2,1H3,(H2,18,19). The molecule has 20 heavy (non-hydrogen) atoms. The number of primary amides is 1. The number of nitrogen functional groups attached to an aromatic ring is 1. The predicted molar refractivity (Wildman–Crippen MR) is 80.6 cm³/mol. The first-order valence-corrected chi connectivity index (χ1v) is 6.47. The lowest BCUT2D eigenvalue weighted by molar-refractivity contribution is 0.0998. The van der Waals surface area contributed by atoms with E-state index in [0.717, 1.165) is 5.56 Å². The molecule has 0 atom stereocenters. The van der Waals surface area contributed by atoms with Crippen LogP contribution in [0, 0.1) is 6.92 Å². The molecule has 0 aromatic heterocycles. The van der Waals surface area contributed by atoms with E-state index in [1.54, 1.807) is 18.2 Å². The molecule has 104 valence electrons. The Morgan fingerprint density at radius 2 is 1.90 bits per heavy atom. The van der Waals surface area contributed by atoms with Gasteiger partial charge in [0.15, 0.2) is 5.75 Å². The van der Waals surface area contributed by atoms with Crippen molar-refractivity contribution in [3.05, 3.63) is 51.5 Å². The summed E-state index contributed by atoms with van der Waals surface area (Å²) in [5, 5.41) is 0.718. The zero-order chi connectivity index (χ0) is 14.9. The summed E-state index contributed by atoms with van der Waals surface area (Å²) in [6, 6.07) is 8.08. The van der Waals surface area contributed by atoms with Gasteiger partial charge in [0.25, 0.3) is 5.91 Å². The molecule has 4 N–H and O–H groups in total. The van der Waals surface area contributed by atoms with Gasteiger partial charge in [-0.3, -0.25) is 4.79 Å². The summed E-state index contributed by atoms with van der Waals surface area (Å²) in [6.45, 7) is 1.85. The number of amides is 1. The van der Waals surface area contributed by atoms with Crippen LogP contribution in [0.25, 0.3) is 0 Å². The number of anilines is 1. The van der Waals surface area contributed by atoms with Crippen LogP contribution in [0.15, 0.2) is 30.3 Å². The van der Waals surface area contributed by atoms with Crippen molar-refractivity contribution >= 4 is 34.8 Å². The molecule has 0 spiro atoms. The van der Waals surface area contributed by atoms with Crippen LogP contribution in [0.5, 0.6) is 11.5 Å². The highest BCUT2D eigenvalue weighted by atomic mass is 35.5. The molecule has 2 aromatic rings. The van der Waals surface area contributed by atoms with Crippen LogP contribution in [0.4, 0.5) is 5.69 Å². The molecule has 0 heterocycles. The molecule has 0 fully saturated rings. The number of ether oxygens (including phenoxy) is 1. The maximum atomic E-state index is 11.5. The fourth-order valence-electron chi connectivity index (χ4n) is 1.70. The molecule has 6 heteroatoms. The van der Waals surface area contributed by atoms with Crippen molar-refractivity contribution in [1.82, 2.24) is 0 Å². The molecule has 0 saturated carbocycles. The van der Waals surface area contributed by atoms with Crippen LogP contribution in [0.2, 0.25) is 10.0 Å². The number of halogens is 2. The average molecular weight is 311 g/mol. The second-order valence-electron chi connectivity index (χ2n) is 4.26. The monoisotopic (exact) mass is 310 g/mol. The SMILES string of the molecule is Cc1ccc(Cl)cc1Oc1c(Cl)cc(N)cc1C(N)=O. The van der Waals surface area contributed by atoms with E-state index >= 15 is 0 Å². The quantitative estimate of drug-likeness (QED) is 0.847. The number of carbonyl (C=O) groups is 1. The number of nitrogens with two attached hydrogens (primary N) is 2. The lowest BCUT2D eigenvalue weighted by Gasteiger charge is -2.14. The molecule has 0 radical (unpaired) electrons. The van der Waals surface area contributed by atoms with Crippen LogP contribution >= 0.6 is 23.2 Å². The lowest BCUT2D eigenvalue weighted by atomic mass is 10.1. The fraction of sp³-hybridized carbons (Fsp3) is 0.0714. The Kier molecular flexibility index (Phi) is 4.06. The Bertz CT molecular complexity index is 687. The molecular weight excluding hydrogens is 299 g/mol. The Morgan fingerprint density at radius 3 is 2.55 bits per heavy atom. The number of benzene rings is 2. The minimum Gasteiger partial charge on any atom is -0.455 e. The van der Waals surface area contributed by atoms with E-state index in [0.29, 0.717) is 16.5 Å². The van der Waals surface area contributed by atoms with E-state index < -0.39 is 5.91 Å². The molecular formula is C14H12Cl2N2O2. The van der Waals surface area contributed by atoms with Crippen molar-refractivity contribution in [2.24, 2.45) is 5.73 Å². The predicted octanol–water partition coefficient (Wildman–Crippen LogP) is 3.78. The first-order valence-electron chi connectivity index (χ1n) is 5.71. The molecule has 2 aromatic carbocycles. The Morgan fingerprint density at radius 1 is 1.20 bits per heavy atom. The summed E-state index contributed by atoms with van der Waals surface area (Å²) in [4.78, 5) is 11.5. The van der Waals surface area contributed by atoms with Crippen LogP contribution in [-0.4, -0.2) is 5.91 Å². The van der Waals surface area contributed by atoms with Crippen molar-refractivity contribution in [2.45, 2.75) is 6.92 Å². The van der Waals surface area contributed by atoms with E-state index in [2.05, 4.69) is 0 Å². The number of hydrogen-bond donors (Lipinski definition) is 2.